The first-order valence-corrected chi connectivity index (χ1v) is 7.11. The molecule has 0 aromatic carbocycles. The minimum atomic E-state index is 0.371. The van der Waals surface area contributed by atoms with E-state index in [2.05, 4.69) is 15.3 Å². The summed E-state index contributed by atoms with van der Waals surface area (Å²) in [7, 11) is 1.74. The van der Waals surface area contributed by atoms with Gasteiger partial charge in [-0.15, -0.1) is 0 Å². The molecule has 6 nitrogen and oxygen atoms in total. The molecule has 0 saturated heterocycles. The molecule has 3 N–H and O–H groups in total. The van der Waals surface area contributed by atoms with Crippen molar-refractivity contribution < 1.29 is 9.47 Å². The molecule has 0 radical (unpaired) electrons. The van der Waals surface area contributed by atoms with E-state index in [0.29, 0.717) is 30.3 Å². The molecule has 0 spiro atoms. The van der Waals surface area contributed by atoms with E-state index in [1.807, 2.05) is 6.92 Å². The van der Waals surface area contributed by atoms with Gasteiger partial charge in [-0.3, -0.25) is 0 Å². The van der Waals surface area contributed by atoms with E-state index in [1.54, 1.807) is 13.2 Å². The Labute approximate surface area is 120 Å². The number of nitrogen functional groups attached to an aromatic ring is 1. The summed E-state index contributed by atoms with van der Waals surface area (Å²) in [5.74, 6) is 1.87. The molecule has 1 saturated carbocycles. The van der Waals surface area contributed by atoms with Crippen molar-refractivity contribution in [1.29, 1.82) is 0 Å². The summed E-state index contributed by atoms with van der Waals surface area (Å²) in [6.45, 7) is 4.69. The Hall–Kier alpha value is -1.40. The molecule has 0 atom stereocenters. The standard InChI is InChI=1S/C14H24N4O2/c1-3-20-9-13-17-11(15)8-12(18-13)16-10-14(4-5-14)6-7-19-2/h8H,3-7,9-10H2,1-2H3,(H3,15,16,17,18). The molecule has 2 rings (SSSR count). The number of ether oxygens (including phenoxy) is 2. The Morgan fingerprint density at radius 1 is 1.40 bits per heavy atom. The molecule has 112 valence electrons. The number of rotatable bonds is 9. The second kappa shape index (κ2) is 6.85. The second-order valence-corrected chi connectivity index (χ2v) is 5.33. The largest absolute Gasteiger partial charge is 0.385 e. The van der Waals surface area contributed by atoms with Gasteiger partial charge in [0.25, 0.3) is 0 Å². The highest BCUT2D eigenvalue weighted by Crippen LogP contribution is 2.48. The summed E-state index contributed by atoms with van der Waals surface area (Å²) in [5.41, 5.74) is 6.17. The molecule has 1 aromatic heterocycles. The Bertz CT molecular complexity index is 435. The highest BCUT2D eigenvalue weighted by molar-refractivity contribution is 5.44. The van der Waals surface area contributed by atoms with Crippen molar-refractivity contribution in [1.82, 2.24) is 9.97 Å². The summed E-state index contributed by atoms with van der Waals surface area (Å²) in [6.07, 6.45) is 3.58. The fourth-order valence-electron chi connectivity index (χ4n) is 2.15. The Kier molecular flexibility index (Phi) is 5.14. The molecule has 1 heterocycles. The van der Waals surface area contributed by atoms with Gasteiger partial charge in [-0.05, 0) is 31.6 Å². The van der Waals surface area contributed by atoms with Crippen LogP contribution in [0.1, 0.15) is 32.0 Å². The van der Waals surface area contributed by atoms with Crippen LogP contribution in [0.5, 0.6) is 0 Å². The molecular weight excluding hydrogens is 256 g/mol. The smallest absolute Gasteiger partial charge is 0.158 e. The van der Waals surface area contributed by atoms with Gasteiger partial charge < -0.3 is 20.5 Å². The van der Waals surface area contributed by atoms with Crippen LogP contribution >= 0.6 is 0 Å². The average molecular weight is 280 g/mol. The summed E-state index contributed by atoms with van der Waals surface area (Å²) in [4.78, 5) is 8.59. The number of methoxy groups -OCH3 is 1. The maximum absolute atomic E-state index is 5.80. The second-order valence-electron chi connectivity index (χ2n) is 5.33. The monoisotopic (exact) mass is 280 g/mol. The zero-order chi connectivity index (χ0) is 14.4. The lowest BCUT2D eigenvalue weighted by Gasteiger charge is -2.16. The van der Waals surface area contributed by atoms with Crippen LogP contribution in [0.4, 0.5) is 11.6 Å². The van der Waals surface area contributed by atoms with Gasteiger partial charge >= 0.3 is 0 Å². The molecule has 20 heavy (non-hydrogen) atoms. The van der Waals surface area contributed by atoms with Crippen molar-refractivity contribution in [2.45, 2.75) is 32.8 Å². The van der Waals surface area contributed by atoms with Crippen molar-refractivity contribution in [3.63, 3.8) is 0 Å². The minimum absolute atomic E-state index is 0.371. The first-order chi connectivity index (χ1) is 9.67. The van der Waals surface area contributed by atoms with Gasteiger partial charge in [0, 0.05) is 32.9 Å². The number of nitrogens with zero attached hydrogens (tertiary/aromatic N) is 2. The number of anilines is 2. The van der Waals surface area contributed by atoms with Crippen molar-refractivity contribution in [2.75, 3.05) is 37.9 Å². The maximum atomic E-state index is 5.80. The predicted molar refractivity (Wildman–Crippen MR) is 78.4 cm³/mol. The zero-order valence-electron chi connectivity index (χ0n) is 12.3. The summed E-state index contributed by atoms with van der Waals surface area (Å²) in [5, 5.41) is 3.37. The normalized spacial score (nSPS) is 16.1. The van der Waals surface area contributed by atoms with Crippen molar-refractivity contribution in [2.24, 2.45) is 5.41 Å². The van der Waals surface area contributed by atoms with E-state index in [4.69, 9.17) is 15.2 Å². The van der Waals surface area contributed by atoms with E-state index in [1.165, 1.54) is 12.8 Å². The SMILES string of the molecule is CCOCc1nc(N)cc(NCC2(CCOC)CC2)n1. The zero-order valence-corrected chi connectivity index (χ0v) is 12.3. The fraction of sp³-hybridized carbons (Fsp3) is 0.714. The van der Waals surface area contributed by atoms with E-state index in [0.717, 1.165) is 25.4 Å². The fourth-order valence-corrected chi connectivity index (χ4v) is 2.15. The summed E-state index contributed by atoms with van der Waals surface area (Å²) in [6, 6.07) is 1.77. The quantitative estimate of drug-likeness (QED) is 0.718. The predicted octanol–water partition coefficient (Wildman–Crippen LogP) is 1.82. The van der Waals surface area contributed by atoms with Crippen molar-refractivity contribution in [3.8, 4) is 0 Å². The van der Waals surface area contributed by atoms with Crippen LogP contribution in [0.25, 0.3) is 0 Å². The van der Waals surface area contributed by atoms with Crippen LogP contribution in [0, 0.1) is 5.41 Å². The average Bonchev–Trinajstić information content (AvgIpc) is 3.21. The topological polar surface area (TPSA) is 82.3 Å². The number of aromatic nitrogens is 2. The van der Waals surface area contributed by atoms with Crippen LogP contribution < -0.4 is 11.1 Å². The van der Waals surface area contributed by atoms with Gasteiger partial charge in [-0.1, -0.05) is 0 Å². The number of nitrogens with one attached hydrogen (secondary N) is 1. The van der Waals surface area contributed by atoms with E-state index in [9.17, 15) is 0 Å². The molecule has 1 fully saturated rings. The van der Waals surface area contributed by atoms with Gasteiger partial charge in [0.2, 0.25) is 0 Å². The molecule has 1 aliphatic rings. The molecule has 0 amide bonds. The molecule has 1 aromatic rings. The first kappa shape index (κ1) is 15.0. The van der Waals surface area contributed by atoms with Crippen LogP contribution in [-0.4, -0.2) is 36.8 Å². The lowest BCUT2D eigenvalue weighted by molar-refractivity contribution is 0.128. The third kappa shape index (κ3) is 4.31. The molecule has 0 bridgehead atoms. The highest BCUT2D eigenvalue weighted by Gasteiger charge is 2.41. The first-order valence-electron chi connectivity index (χ1n) is 7.11. The van der Waals surface area contributed by atoms with Crippen LogP contribution in [0.15, 0.2) is 6.07 Å². The van der Waals surface area contributed by atoms with Gasteiger partial charge in [-0.2, -0.15) is 0 Å². The molecule has 0 aliphatic heterocycles. The number of hydrogen-bond donors (Lipinski definition) is 2. The molecule has 0 unspecified atom stereocenters. The molecular formula is C14H24N4O2. The lowest BCUT2D eigenvalue weighted by Crippen LogP contribution is -2.18. The van der Waals surface area contributed by atoms with Gasteiger partial charge in [0.05, 0.1) is 0 Å². The summed E-state index contributed by atoms with van der Waals surface area (Å²) >= 11 is 0. The Morgan fingerprint density at radius 2 is 2.20 bits per heavy atom. The van der Waals surface area contributed by atoms with Gasteiger partial charge in [-0.25, -0.2) is 9.97 Å². The lowest BCUT2D eigenvalue weighted by atomic mass is 10.0. The minimum Gasteiger partial charge on any atom is -0.385 e. The summed E-state index contributed by atoms with van der Waals surface area (Å²) < 4.78 is 10.5. The van der Waals surface area contributed by atoms with E-state index in [-0.39, 0.29) is 0 Å². The van der Waals surface area contributed by atoms with E-state index < -0.39 is 0 Å². The van der Waals surface area contributed by atoms with E-state index >= 15 is 0 Å². The van der Waals surface area contributed by atoms with Crippen LogP contribution in [0.3, 0.4) is 0 Å². The van der Waals surface area contributed by atoms with Crippen LogP contribution in [0.2, 0.25) is 0 Å². The Morgan fingerprint density at radius 3 is 2.85 bits per heavy atom. The third-order valence-corrected chi connectivity index (χ3v) is 3.67. The van der Waals surface area contributed by atoms with Gasteiger partial charge in [0.1, 0.15) is 18.2 Å². The third-order valence-electron chi connectivity index (χ3n) is 3.67. The molecule has 1 aliphatic carbocycles. The maximum Gasteiger partial charge on any atom is 0.158 e. The number of hydrogen-bond acceptors (Lipinski definition) is 6. The van der Waals surface area contributed by atoms with Gasteiger partial charge in [0.15, 0.2) is 5.82 Å². The van der Waals surface area contributed by atoms with Crippen molar-refractivity contribution >= 4 is 11.6 Å². The van der Waals surface area contributed by atoms with Crippen LogP contribution in [-0.2, 0) is 16.1 Å². The molecule has 6 heteroatoms. The number of nitrogens with two attached hydrogens (primary N) is 1. The van der Waals surface area contributed by atoms with Crippen molar-refractivity contribution in [3.05, 3.63) is 11.9 Å². The Balaban J connectivity index is 1.90. The highest BCUT2D eigenvalue weighted by atomic mass is 16.5.